The second-order valence-corrected chi connectivity index (χ2v) is 4.54. The van der Waals surface area contributed by atoms with Gasteiger partial charge in [-0.25, -0.2) is 0 Å². The fourth-order valence-corrected chi connectivity index (χ4v) is 1.75. The summed E-state index contributed by atoms with van der Waals surface area (Å²) in [4.78, 5) is 0. The van der Waals surface area contributed by atoms with E-state index < -0.39 is 0 Å². The van der Waals surface area contributed by atoms with Crippen LogP contribution < -0.4 is 5.32 Å². The predicted molar refractivity (Wildman–Crippen MR) is 67.5 cm³/mol. The van der Waals surface area contributed by atoms with Gasteiger partial charge in [0.25, 0.3) is 0 Å². The van der Waals surface area contributed by atoms with Crippen LogP contribution in [-0.2, 0) is 0 Å². The number of nitrogens with one attached hydrogen (secondary N) is 1. The Morgan fingerprint density at radius 3 is 2.67 bits per heavy atom. The summed E-state index contributed by atoms with van der Waals surface area (Å²) in [6.45, 7) is 0. The minimum Gasteiger partial charge on any atom is -0.370 e. The van der Waals surface area contributed by atoms with Gasteiger partial charge in [-0.2, -0.15) is 17.0 Å². The third-order valence-electron chi connectivity index (χ3n) is 1.95. The maximum atomic E-state index is 8.92. The average Bonchev–Trinajstić information content (AvgIpc) is 2.27. The van der Waals surface area contributed by atoms with E-state index in [-0.39, 0.29) is 6.04 Å². The van der Waals surface area contributed by atoms with Gasteiger partial charge in [-0.3, -0.25) is 0 Å². The lowest BCUT2D eigenvalue weighted by atomic mass is 10.2. The van der Waals surface area contributed by atoms with Crippen molar-refractivity contribution in [2.45, 2.75) is 12.5 Å². The monoisotopic (exact) mass is 240 g/mol. The van der Waals surface area contributed by atoms with Gasteiger partial charge < -0.3 is 5.32 Å². The Hall–Kier alpha value is -0.850. The average molecular weight is 241 g/mol. The number of nitrogens with zero attached hydrogens (tertiary/aromatic N) is 1. The lowest BCUT2D eigenvalue weighted by Gasteiger charge is -2.11. The van der Waals surface area contributed by atoms with E-state index in [1.165, 1.54) is 0 Å². The first-order chi connectivity index (χ1) is 7.26. The van der Waals surface area contributed by atoms with Crippen LogP contribution in [0.25, 0.3) is 0 Å². The normalized spacial score (nSPS) is 11.8. The molecule has 1 rings (SSSR count). The first kappa shape index (κ1) is 12.2. The summed E-state index contributed by atoms with van der Waals surface area (Å²) in [5, 5.41) is 12.8. The summed E-state index contributed by atoms with van der Waals surface area (Å²) in [5.41, 5.74) is 0.937. The minimum atomic E-state index is -0.126. The molecule has 1 atom stereocenters. The lowest BCUT2D eigenvalue weighted by molar-refractivity contribution is 0.855. The predicted octanol–water partition coefficient (Wildman–Crippen LogP) is 3.40. The zero-order chi connectivity index (χ0) is 11.1. The second-order valence-electron chi connectivity index (χ2n) is 3.11. The van der Waals surface area contributed by atoms with Gasteiger partial charge in [0.2, 0.25) is 0 Å². The summed E-state index contributed by atoms with van der Waals surface area (Å²) in [6.07, 6.45) is 2.89. The van der Waals surface area contributed by atoms with Crippen LogP contribution in [0.15, 0.2) is 24.3 Å². The quantitative estimate of drug-likeness (QED) is 0.857. The lowest BCUT2D eigenvalue weighted by Crippen LogP contribution is -2.17. The molecule has 0 aliphatic rings. The zero-order valence-electron chi connectivity index (χ0n) is 8.53. The van der Waals surface area contributed by atoms with Crippen molar-refractivity contribution >= 4 is 29.1 Å². The van der Waals surface area contributed by atoms with E-state index in [0.717, 1.165) is 17.9 Å². The van der Waals surface area contributed by atoms with Crippen LogP contribution in [0.5, 0.6) is 0 Å². The Bertz CT molecular complexity index is 331. The Kier molecular flexibility index (Phi) is 5.38. The van der Waals surface area contributed by atoms with Crippen LogP contribution in [0.2, 0.25) is 5.02 Å². The molecule has 0 aliphatic carbocycles. The fourth-order valence-electron chi connectivity index (χ4n) is 1.15. The molecule has 0 bridgehead atoms. The van der Waals surface area contributed by atoms with Crippen molar-refractivity contribution in [1.29, 1.82) is 5.26 Å². The van der Waals surface area contributed by atoms with E-state index in [1.54, 1.807) is 11.8 Å². The van der Waals surface area contributed by atoms with Crippen LogP contribution in [0.4, 0.5) is 5.69 Å². The van der Waals surface area contributed by atoms with Crippen molar-refractivity contribution in [2.75, 3.05) is 17.3 Å². The number of nitriles is 1. The van der Waals surface area contributed by atoms with Crippen molar-refractivity contribution in [3.63, 3.8) is 0 Å². The molecular weight excluding hydrogens is 228 g/mol. The van der Waals surface area contributed by atoms with Crippen molar-refractivity contribution in [2.24, 2.45) is 0 Å². The maximum absolute atomic E-state index is 8.92. The number of anilines is 1. The first-order valence-corrected chi connectivity index (χ1v) is 6.44. The molecule has 1 aromatic carbocycles. The summed E-state index contributed by atoms with van der Waals surface area (Å²) in [5.74, 6) is 0.985. The largest absolute Gasteiger partial charge is 0.370 e. The first-order valence-electron chi connectivity index (χ1n) is 4.67. The number of hydrogen-bond acceptors (Lipinski definition) is 3. The molecule has 0 aliphatic heterocycles. The summed E-state index contributed by atoms with van der Waals surface area (Å²) in [7, 11) is 0. The van der Waals surface area contributed by atoms with Gasteiger partial charge >= 0.3 is 0 Å². The summed E-state index contributed by atoms with van der Waals surface area (Å²) in [6, 6.07) is 9.50. The van der Waals surface area contributed by atoms with Gasteiger partial charge in [0, 0.05) is 10.7 Å². The molecule has 1 aromatic rings. The summed E-state index contributed by atoms with van der Waals surface area (Å²) < 4.78 is 0. The molecule has 0 saturated carbocycles. The highest BCUT2D eigenvalue weighted by molar-refractivity contribution is 7.98. The standard InChI is InChI=1S/C11H13ClN2S/c1-15-7-6-11(8-13)14-10-4-2-9(12)3-5-10/h2-5,11,14H,6-7H2,1H3. The molecule has 15 heavy (non-hydrogen) atoms. The molecule has 0 aromatic heterocycles. The fraction of sp³-hybridized carbons (Fsp3) is 0.364. The van der Waals surface area contributed by atoms with E-state index in [0.29, 0.717) is 5.02 Å². The highest BCUT2D eigenvalue weighted by atomic mass is 35.5. The van der Waals surface area contributed by atoms with E-state index in [9.17, 15) is 0 Å². The molecule has 0 spiro atoms. The molecule has 0 heterocycles. The highest BCUT2D eigenvalue weighted by Gasteiger charge is 2.05. The molecule has 2 nitrogen and oxygen atoms in total. The van der Waals surface area contributed by atoms with Crippen LogP contribution in [-0.4, -0.2) is 18.1 Å². The van der Waals surface area contributed by atoms with Gasteiger partial charge in [-0.15, -0.1) is 0 Å². The Balaban J connectivity index is 2.52. The second kappa shape index (κ2) is 6.60. The van der Waals surface area contributed by atoms with Gasteiger partial charge in [0.05, 0.1) is 6.07 Å². The number of thioether (sulfide) groups is 1. The molecule has 0 radical (unpaired) electrons. The molecule has 0 fully saturated rings. The third-order valence-corrected chi connectivity index (χ3v) is 2.85. The van der Waals surface area contributed by atoms with Gasteiger partial charge in [0.1, 0.15) is 6.04 Å². The molecule has 0 saturated heterocycles. The van der Waals surface area contributed by atoms with Crippen molar-refractivity contribution < 1.29 is 0 Å². The number of hydrogen-bond donors (Lipinski definition) is 1. The number of rotatable bonds is 5. The molecule has 80 valence electrons. The van der Waals surface area contributed by atoms with E-state index >= 15 is 0 Å². The van der Waals surface area contributed by atoms with Crippen LogP contribution >= 0.6 is 23.4 Å². The van der Waals surface area contributed by atoms with E-state index in [1.807, 2.05) is 30.5 Å². The molecule has 4 heteroatoms. The Labute approximate surface area is 99.6 Å². The van der Waals surface area contributed by atoms with Crippen molar-refractivity contribution in [1.82, 2.24) is 0 Å². The summed E-state index contributed by atoms with van der Waals surface area (Å²) >= 11 is 7.52. The van der Waals surface area contributed by atoms with Crippen LogP contribution in [0.3, 0.4) is 0 Å². The SMILES string of the molecule is CSCCC(C#N)Nc1ccc(Cl)cc1. The topological polar surface area (TPSA) is 35.8 Å². The Morgan fingerprint density at radius 1 is 1.47 bits per heavy atom. The zero-order valence-corrected chi connectivity index (χ0v) is 10.1. The van der Waals surface area contributed by atoms with Crippen molar-refractivity contribution in [3.8, 4) is 6.07 Å². The highest BCUT2D eigenvalue weighted by Crippen LogP contribution is 2.15. The maximum Gasteiger partial charge on any atom is 0.115 e. The molecule has 0 amide bonds. The third kappa shape index (κ3) is 4.46. The van der Waals surface area contributed by atoms with Gasteiger partial charge in [-0.1, -0.05) is 11.6 Å². The van der Waals surface area contributed by atoms with Crippen LogP contribution in [0.1, 0.15) is 6.42 Å². The molecule has 1 N–H and O–H groups in total. The molecular formula is C11H13ClN2S. The minimum absolute atomic E-state index is 0.126. The number of benzene rings is 1. The van der Waals surface area contributed by atoms with E-state index in [2.05, 4.69) is 11.4 Å². The van der Waals surface area contributed by atoms with E-state index in [4.69, 9.17) is 16.9 Å². The Morgan fingerprint density at radius 2 is 2.13 bits per heavy atom. The van der Waals surface area contributed by atoms with Crippen molar-refractivity contribution in [3.05, 3.63) is 29.3 Å². The number of halogens is 1. The molecule has 1 unspecified atom stereocenters. The smallest absolute Gasteiger partial charge is 0.115 e. The van der Waals surface area contributed by atoms with Gasteiger partial charge in [-0.05, 0) is 42.7 Å². The van der Waals surface area contributed by atoms with Crippen LogP contribution in [0, 0.1) is 11.3 Å². The van der Waals surface area contributed by atoms with Gasteiger partial charge in [0.15, 0.2) is 0 Å².